The molecule has 0 saturated carbocycles. The zero-order valence-electron chi connectivity index (χ0n) is 17.0. The van der Waals surface area contributed by atoms with Crippen molar-refractivity contribution in [2.75, 3.05) is 7.05 Å². The normalized spacial score (nSPS) is 11.4. The molecule has 0 atom stereocenters. The third-order valence-corrected chi connectivity index (χ3v) is 5.11. The zero-order chi connectivity index (χ0) is 21.6. The van der Waals surface area contributed by atoms with Crippen LogP contribution in [0.1, 0.15) is 16.8 Å². The highest BCUT2D eigenvalue weighted by atomic mass is 35.5. The molecule has 0 unspecified atom stereocenters. The van der Waals surface area contributed by atoms with E-state index < -0.39 is 0 Å². The molecule has 1 heterocycles. The third-order valence-electron chi connectivity index (χ3n) is 4.86. The molecule has 4 nitrogen and oxygen atoms in total. The van der Waals surface area contributed by atoms with E-state index in [0.29, 0.717) is 17.2 Å². The molecule has 5 heteroatoms. The zero-order valence-corrected chi connectivity index (χ0v) is 17.8. The molecule has 1 N–H and O–H groups in total. The number of hydrogen-bond donors (Lipinski definition) is 1. The number of aromatic nitrogens is 1. The quantitative estimate of drug-likeness (QED) is 0.314. The van der Waals surface area contributed by atoms with E-state index in [9.17, 15) is 4.79 Å². The van der Waals surface area contributed by atoms with Gasteiger partial charge in [-0.1, -0.05) is 60.1 Å². The van der Waals surface area contributed by atoms with E-state index in [0.717, 1.165) is 33.5 Å². The van der Waals surface area contributed by atoms with Crippen LogP contribution in [0, 0.1) is 0 Å². The Morgan fingerprint density at radius 1 is 0.968 bits per heavy atom. The number of pyridine rings is 1. The molecule has 0 fully saturated rings. The summed E-state index contributed by atoms with van der Waals surface area (Å²) in [7, 11) is 1.61. The molecule has 3 aromatic carbocycles. The molecular formula is C26H21ClN2O2. The molecule has 0 aliphatic carbocycles. The molecule has 0 spiro atoms. The standard InChI is InChI=1S/C26H21ClN2O2/c1-28-26(30)24(19-8-11-21(27)12-9-19)16-18-6-14-23(15-7-18)31-17-22-13-10-20-4-2-3-5-25(20)29-22/h2-16H,17H2,1H3,(H,28,30)/b24-16+. The van der Waals surface area contributed by atoms with Crippen molar-refractivity contribution in [2.24, 2.45) is 0 Å². The molecule has 1 aromatic heterocycles. The molecule has 31 heavy (non-hydrogen) atoms. The summed E-state index contributed by atoms with van der Waals surface area (Å²) in [5.74, 6) is 0.574. The Balaban J connectivity index is 1.49. The van der Waals surface area contributed by atoms with E-state index in [4.69, 9.17) is 16.3 Å². The molecule has 0 radical (unpaired) electrons. The predicted octanol–water partition coefficient (Wildman–Crippen LogP) is 5.75. The maximum atomic E-state index is 12.4. The maximum Gasteiger partial charge on any atom is 0.251 e. The Hall–Kier alpha value is -3.63. The molecule has 4 aromatic rings. The van der Waals surface area contributed by atoms with Crippen molar-refractivity contribution in [3.05, 3.63) is 107 Å². The van der Waals surface area contributed by atoms with Crippen molar-refractivity contribution in [2.45, 2.75) is 6.61 Å². The van der Waals surface area contributed by atoms with Crippen molar-refractivity contribution >= 4 is 40.1 Å². The number of rotatable bonds is 6. The lowest BCUT2D eigenvalue weighted by atomic mass is 10.0. The summed E-state index contributed by atoms with van der Waals surface area (Å²) >= 11 is 5.97. The monoisotopic (exact) mass is 428 g/mol. The predicted molar refractivity (Wildman–Crippen MR) is 126 cm³/mol. The lowest BCUT2D eigenvalue weighted by Crippen LogP contribution is -2.19. The van der Waals surface area contributed by atoms with E-state index >= 15 is 0 Å². The first kappa shape index (κ1) is 20.6. The summed E-state index contributed by atoms with van der Waals surface area (Å²) in [6.07, 6.45) is 1.84. The second-order valence-corrected chi connectivity index (χ2v) is 7.43. The fourth-order valence-electron chi connectivity index (χ4n) is 3.22. The van der Waals surface area contributed by atoms with Crippen molar-refractivity contribution < 1.29 is 9.53 Å². The first-order chi connectivity index (χ1) is 15.1. The number of hydrogen-bond acceptors (Lipinski definition) is 3. The fourth-order valence-corrected chi connectivity index (χ4v) is 3.34. The molecule has 4 rings (SSSR count). The minimum absolute atomic E-state index is 0.162. The van der Waals surface area contributed by atoms with Gasteiger partial charge in [0.05, 0.1) is 11.2 Å². The van der Waals surface area contributed by atoms with Crippen LogP contribution in [-0.4, -0.2) is 17.9 Å². The van der Waals surface area contributed by atoms with Crippen LogP contribution in [0.2, 0.25) is 5.02 Å². The van der Waals surface area contributed by atoms with Crippen LogP contribution in [0.4, 0.5) is 0 Å². The number of fused-ring (bicyclic) bond motifs is 1. The van der Waals surface area contributed by atoms with Crippen LogP contribution < -0.4 is 10.1 Å². The highest BCUT2D eigenvalue weighted by Gasteiger charge is 2.10. The van der Waals surface area contributed by atoms with Gasteiger partial charge in [0, 0.05) is 23.0 Å². The molecule has 0 aliphatic heterocycles. The van der Waals surface area contributed by atoms with Crippen LogP contribution in [0.5, 0.6) is 5.75 Å². The van der Waals surface area contributed by atoms with Crippen molar-refractivity contribution in [1.29, 1.82) is 0 Å². The number of para-hydroxylation sites is 1. The van der Waals surface area contributed by atoms with Gasteiger partial charge in [0.1, 0.15) is 12.4 Å². The number of nitrogens with one attached hydrogen (secondary N) is 1. The van der Waals surface area contributed by atoms with Crippen LogP contribution in [0.3, 0.4) is 0 Å². The number of ether oxygens (including phenoxy) is 1. The second kappa shape index (κ2) is 9.45. The topological polar surface area (TPSA) is 51.2 Å². The average Bonchev–Trinajstić information content (AvgIpc) is 2.82. The Kier molecular flexibility index (Phi) is 6.29. The van der Waals surface area contributed by atoms with Gasteiger partial charge in [-0.2, -0.15) is 0 Å². The van der Waals surface area contributed by atoms with Crippen LogP contribution in [0.15, 0.2) is 84.9 Å². The summed E-state index contributed by atoms with van der Waals surface area (Å²) in [6.45, 7) is 0.383. The first-order valence-electron chi connectivity index (χ1n) is 9.89. The van der Waals surface area contributed by atoms with Gasteiger partial charge >= 0.3 is 0 Å². The summed E-state index contributed by atoms with van der Waals surface area (Å²) in [4.78, 5) is 17.0. The average molecular weight is 429 g/mol. The number of nitrogens with zero attached hydrogens (tertiary/aromatic N) is 1. The highest BCUT2D eigenvalue weighted by Crippen LogP contribution is 2.22. The Morgan fingerprint density at radius 2 is 1.71 bits per heavy atom. The first-order valence-corrected chi connectivity index (χ1v) is 10.3. The van der Waals surface area contributed by atoms with Crippen LogP contribution in [-0.2, 0) is 11.4 Å². The minimum atomic E-state index is -0.162. The summed E-state index contributed by atoms with van der Waals surface area (Å²) in [5, 5.41) is 4.42. The van der Waals surface area contributed by atoms with Gasteiger partial charge in [-0.25, -0.2) is 4.98 Å². The van der Waals surface area contributed by atoms with Gasteiger partial charge in [-0.3, -0.25) is 4.79 Å². The van der Waals surface area contributed by atoms with Crippen LogP contribution in [0.25, 0.3) is 22.6 Å². The smallest absolute Gasteiger partial charge is 0.251 e. The molecule has 0 bridgehead atoms. The Labute approximate surface area is 186 Å². The second-order valence-electron chi connectivity index (χ2n) is 7.00. The number of benzene rings is 3. The van der Waals surface area contributed by atoms with Gasteiger partial charge in [0.2, 0.25) is 0 Å². The van der Waals surface area contributed by atoms with Crippen LogP contribution >= 0.6 is 11.6 Å². The Morgan fingerprint density at radius 3 is 2.45 bits per heavy atom. The van der Waals surface area contributed by atoms with E-state index in [1.165, 1.54) is 0 Å². The van der Waals surface area contributed by atoms with Gasteiger partial charge < -0.3 is 10.1 Å². The summed E-state index contributed by atoms with van der Waals surface area (Å²) < 4.78 is 5.89. The van der Waals surface area contributed by atoms with E-state index in [2.05, 4.69) is 10.3 Å². The SMILES string of the molecule is CNC(=O)/C(=C/c1ccc(OCc2ccc3ccccc3n2)cc1)c1ccc(Cl)cc1. The number of carbonyl (C=O) groups is 1. The third kappa shape index (κ3) is 5.11. The molecule has 0 aliphatic rings. The van der Waals surface area contributed by atoms with E-state index in [-0.39, 0.29) is 5.91 Å². The highest BCUT2D eigenvalue weighted by molar-refractivity contribution is 6.31. The van der Waals surface area contributed by atoms with E-state index in [1.807, 2.05) is 78.9 Å². The number of carbonyl (C=O) groups excluding carboxylic acids is 1. The number of amides is 1. The molecule has 1 amide bonds. The maximum absolute atomic E-state index is 12.4. The van der Waals surface area contributed by atoms with Crippen molar-refractivity contribution in [3.8, 4) is 5.75 Å². The molecule has 154 valence electrons. The summed E-state index contributed by atoms with van der Waals surface area (Å²) in [5.41, 5.74) is 4.07. The van der Waals surface area contributed by atoms with Crippen molar-refractivity contribution in [3.63, 3.8) is 0 Å². The lowest BCUT2D eigenvalue weighted by Gasteiger charge is -2.09. The van der Waals surface area contributed by atoms with Gasteiger partial charge in [0.15, 0.2) is 0 Å². The summed E-state index contributed by atoms with van der Waals surface area (Å²) in [6, 6.07) is 26.8. The van der Waals surface area contributed by atoms with Gasteiger partial charge in [-0.15, -0.1) is 0 Å². The molecular weight excluding hydrogens is 408 g/mol. The number of halogens is 1. The van der Waals surface area contributed by atoms with E-state index in [1.54, 1.807) is 19.2 Å². The Bertz CT molecular complexity index is 1230. The minimum Gasteiger partial charge on any atom is -0.487 e. The van der Waals surface area contributed by atoms with Crippen molar-refractivity contribution in [1.82, 2.24) is 10.3 Å². The van der Waals surface area contributed by atoms with Gasteiger partial charge in [0.25, 0.3) is 5.91 Å². The lowest BCUT2D eigenvalue weighted by molar-refractivity contribution is -0.115. The number of likely N-dealkylation sites (N-methyl/N-ethyl adjacent to an activating group) is 1. The van der Waals surface area contributed by atoms with Gasteiger partial charge in [-0.05, 0) is 53.6 Å². The fraction of sp³-hybridized carbons (Fsp3) is 0.0769. The molecule has 0 saturated heterocycles. The largest absolute Gasteiger partial charge is 0.487 e.